The van der Waals surface area contributed by atoms with Crippen LogP contribution in [0.4, 0.5) is 20.2 Å². The summed E-state index contributed by atoms with van der Waals surface area (Å²) in [5.74, 6) is -2.10. The lowest BCUT2D eigenvalue weighted by Gasteiger charge is -2.14. The van der Waals surface area contributed by atoms with Gasteiger partial charge in [-0.15, -0.1) is 0 Å². The number of methoxy groups -OCH3 is 1. The molecule has 0 bridgehead atoms. The molecular formula is C28H25F2N5O3S. The molecule has 5 rings (SSSR count). The summed E-state index contributed by atoms with van der Waals surface area (Å²) in [7, 11) is 2.78. The van der Waals surface area contributed by atoms with E-state index >= 15 is 0 Å². The summed E-state index contributed by atoms with van der Waals surface area (Å²) >= 11 is 0. The first-order valence-electron chi connectivity index (χ1n) is 11.8. The highest BCUT2D eigenvalue weighted by Gasteiger charge is 2.22. The molecule has 11 heteroatoms. The fourth-order valence-electron chi connectivity index (χ4n) is 4.38. The van der Waals surface area contributed by atoms with Crippen LogP contribution in [0.2, 0.25) is 0 Å². The maximum Gasteiger partial charge on any atom is 0.264 e. The van der Waals surface area contributed by atoms with Crippen molar-refractivity contribution >= 4 is 32.3 Å². The van der Waals surface area contributed by atoms with E-state index in [1.54, 1.807) is 12.3 Å². The van der Waals surface area contributed by atoms with E-state index in [0.29, 0.717) is 11.6 Å². The fourth-order valence-corrected chi connectivity index (χ4v) is 5.49. The minimum Gasteiger partial charge on any atom is -0.480 e. The monoisotopic (exact) mass is 549 g/mol. The second kappa shape index (κ2) is 9.99. The molecule has 2 heterocycles. The van der Waals surface area contributed by atoms with Gasteiger partial charge in [0.1, 0.15) is 22.2 Å². The summed E-state index contributed by atoms with van der Waals surface area (Å²) in [5.41, 5.74) is 5.13. The van der Waals surface area contributed by atoms with Gasteiger partial charge in [-0.05, 0) is 48.0 Å². The van der Waals surface area contributed by atoms with Crippen molar-refractivity contribution in [2.75, 3.05) is 30.8 Å². The molecule has 0 radical (unpaired) electrons. The smallest absolute Gasteiger partial charge is 0.264 e. The maximum atomic E-state index is 14.2. The molecule has 0 amide bonds. The number of sulfonamides is 1. The van der Waals surface area contributed by atoms with Crippen molar-refractivity contribution in [1.82, 2.24) is 14.8 Å². The van der Waals surface area contributed by atoms with Crippen molar-refractivity contribution in [3.8, 4) is 28.3 Å². The number of aryl methyl sites for hydroxylation is 1. The number of rotatable bonds is 7. The van der Waals surface area contributed by atoms with Crippen LogP contribution < -0.4 is 14.4 Å². The number of ether oxygens (including phenoxy) is 1. The molecule has 0 unspecified atom stereocenters. The van der Waals surface area contributed by atoms with Crippen molar-refractivity contribution in [3.05, 3.63) is 84.6 Å². The van der Waals surface area contributed by atoms with Crippen LogP contribution in [0.1, 0.15) is 0 Å². The first kappa shape index (κ1) is 26.1. The van der Waals surface area contributed by atoms with Gasteiger partial charge in [0.15, 0.2) is 0 Å². The Labute approximate surface area is 224 Å². The van der Waals surface area contributed by atoms with E-state index in [2.05, 4.69) is 14.8 Å². The number of fused-ring (bicyclic) bond motifs is 1. The first-order valence-corrected chi connectivity index (χ1v) is 13.3. The third-order valence-corrected chi connectivity index (χ3v) is 7.69. The summed E-state index contributed by atoms with van der Waals surface area (Å²) in [4.78, 5) is 5.58. The molecule has 1 N–H and O–H groups in total. The highest BCUT2D eigenvalue weighted by molar-refractivity contribution is 7.92. The lowest BCUT2D eigenvalue weighted by Crippen LogP contribution is -2.15. The van der Waals surface area contributed by atoms with Gasteiger partial charge in [-0.3, -0.25) is 9.40 Å². The normalized spacial score (nSPS) is 11.5. The number of halogens is 2. The molecule has 0 saturated heterocycles. The Morgan fingerprint density at radius 1 is 0.923 bits per heavy atom. The summed E-state index contributed by atoms with van der Waals surface area (Å²) in [6.45, 7) is 0. The molecule has 0 atom stereocenters. The van der Waals surface area contributed by atoms with E-state index in [9.17, 15) is 17.2 Å². The molecule has 0 aliphatic rings. The van der Waals surface area contributed by atoms with Gasteiger partial charge in [-0.1, -0.05) is 18.2 Å². The zero-order valence-corrected chi connectivity index (χ0v) is 22.4. The molecule has 0 spiro atoms. The van der Waals surface area contributed by atoms with Crippen LogP contribution in [0.5, 0.6) is 5.88 Å². The SMILES string of the molecule is COc1ncc(-c2ccc3nn(C)c(-c4ccc(N(C)C)cc4)c3c2)cc1NS(=O)(=O)c1ccc(F)cc1F. The predicted molar refractivity (Wildman–Crippen MR) is 147 cm³/mol. The maximum absolute atomic E-state index is 14.2. The van der Waals surface area contributed by atoms with Gasteiger partial charge in [-0.2, -0.15) is 5.10 Å². The second-order valence-corrected chi connectivity index (χ2v) is 10.8. The van der Waals surface area contributed by atoms with Crippen LogP contribution in [0, 0.1) is 11.6 Å². The molecule has 0 fully saturated rings. The third kappa shape index (κ3) is 5.00. The quantitative estimate of drug-likeness (QED) is 0.290. The van der Waals surface area contributed by atoms with Gasteiger partial charge in [0.05, 0.1) is 18.3 Å². The number of hydrogen-bond donors (Lipinski definition) is 1. The summed E-state index contributed by atoms with van der Waals surface area (Å²) in [6, 6.07) is 17.6. The van der Waals surface area contributed by atoms with E-state index in [4.69, 9.17) is 4.74 Å². The summed E-state index contributed by atoms with van der Waals surface area (Å²) in [5, 5.41) is 5.54. The fraction of sp³-hybridized carbons (Fsp3) is 0.143. The highest BCUT2D eigenvalue weighted by atomic mass is 32.2. The van der Waals surface area contributed by atoms with Gasteiger partial charge >= 0.3 is 0 Å². The van der Waals surface area contributed by atoms with E-state index in [0.717, 1.165) is 45.5 Å². The third-order valence-electron chi connectivity index (χ3n) is 6.30. The first-order chi connectivity index (χ1) is 18.6. The molecule has 5 aromatic rings. The second-order valence-electron chi connectivity index (χ2n) is 9.11. The Balaban J connectivity index is 1.56. The average Bonchev–Trinajstić information content (AvgIpc) is 3.23. The van der Waals surface area contributed by atoms with E-state index in [-0.39, 0.29) is 11.6 Å². The minimum absolute atomic E-state index is 0.00417. The molecule has 0 aliphatic heterocycles. The van der Waals surface area contributed by atoms with Gasteiger partial charge in [0.25, 0.3) is 10.0 Å². The topological polar surface area (TPSA) is 89.3 Å². The minimum atomic E-state index is -4.40. The number of aromatic nitrogens is 3. The van der Waals surface area contributed by atoms with Crippen LogP contribution in [0.25, 0.3) is 33.3 Å². The number of nitrogens with one attached hydrogen (secondary N) is 1. The molecule has 0 aliphatic carbocycles. The Morgan fingerprint density at radius 2 is 1.64 bits per heavy atom. The Morgan fingerprint density at radius 3 is 2.31 bits per heavy atom. The molecule has 0 saturated carbocycles. The lowest BCUT2D eigenvalue weighted by atomic mass is 10.0. The Hall–Kier alpha value is -4.51. The van der Waals surface area contributed by atoms with E-state index in [1.165, 1.54) is 7.11 Å². The lowest BCUT2D eigenvalue weighted by molar-refractivity contribution is 0.400. The van der Waals surface area contributed by atoms with Crippen molar-refractivity contribution in [3.63, 3.8) is 0 Å². The van der Waals surface area contributed by atoms with Crippen LogP contribution >= 0.6 is 0 Å². The van der Waals surface area contributed by atoms with Crippen molar-refractivity contribution in [2.24, 2.45) is 7.05 Å². The van der Waals surface area contributed by atoms with E-state index < -0.39 is 26.6 Å². The zero-order chi connectivity index (χ0) is 27.9. The van der Waals surface area contributed by atoms with Crippen LogP contribution in [-0.4, -0.2) is 44.4 Å². The highest BCUT2D eigenvalue weighted by Crippen LogP contribution is 2.35. The molecule has 39 heavy (non-hydrogen) atoms. The van der Waals surface area contributed by atoms with Crippen molar-refractivity contribution in [1.29, 1.82) is 0 Å². The molecule has 200 valence electrons. The van der Waals surface area contributed by atoms with Crippen LogP contribution in [-0.2, 0) is 17.1 Å². The predicted octanol–water partition coefficient (Wildman–Crippen LogP) is 5.46. The van der Waals surface area contributed by atoms with Crippen LogP contribution in [0.3, 0.4) is 0 Å². The van der Waals surface area contributed by atoms with Crippen molar-refractivity contribution in [2.45, 2.75) is 4.90 Å². The van der Waals surface area contributed by atoms with E-state index in [1.807, 2.05) is 73.2 Å². The van der Waals surface area contributed by atoms with Crippen molar-refractivity contribution < 1.29 is 21.9 Å². The molecular weight excluding hydrogens is 524 g/mol. The van der Waals surface area contributed by atoms with Gasteiger partial charge in [0, 0.05) is 55.6 Å². The number of pyridine rings is 1. The zero-order valence-electron chi connectivity index (χ0n) is 21.6. The van der Waals surface area contributed by atoms with Gasteiger partial charge < -0.3 is 9.64 Å². The summed E-state index contributed by atoms with van der Waals surface area (Å²) < 4.78 is 62.8. The Kier molecular flexibility index (Phi) is 6.69. The summed E-state index contributed by atoms with van der Waals surface area (Å²) in [6.07, 6.45) is 1.55. The standard InChI is InChI=1S/C28H25F2N5O3S/c1-34(2)21-9-5-17(6-10-21)27-22-13-18(7-11-24(22)32-35(27)3)19-14-25(28(38-4)31-16-19)33-39(36,37)26-12-8-20(29)15-23(26)30/h5-16,33H,1-4H3. The largest absolute Gasteiger partial charge is 0.480 e. The average molecular weight is 550 g/mol. The van der Waals surface area contributed by atoms with Gasteiger partial charge in [0.2, 0.25) is 5.88 Å². The number of hydrogen-bond acceptors (Lipinski definition) is 6. The molecule has 3 aromatic carbocycles. The number of anilines is 2. The molecule has 8 nitrogen and oxygen atoms in total. The number of benzene rings is 3. The number of nitrogens with zero attached hydrogens (tertiary/aromatic N) is 4. The van der Waals surface area contributed by atoms with Gasteiger partial charge in [-0.25, -0.2) is 22.2 Å². The Bertz CT molecular complexity index is 1800. The van der Waals surface area contributed by atoms with Crippen LogP contribution in [0.15, 0.2) is 77.8 Å². The molecule has 2 aromatic heterocycles.